The van der Waals surface area contributed by atoms with Gasteiger partial charge in [-0.3, -0.25) is 4.79 Å². The van der Waals surface area contributed by atoms with Gasteiger partial charge in [-0.1, -0.05) is 29.8 Å². The molecular formula is C18H13F2NOS. The van der Waals surface area contributed by atoms with E-state index in [1.807, 2.05) is 42.6 Å². The van der Waals surface area contributed by atoms with Crippen molar-refractivity contribution in [2.45, 2.75) is 6.92 Å². The molecule has 0 unspecified atom stereocenters. The lowest BCUT2D eigenvalue weighted by Crippen LogP contribution is -2.12. The summed E-state index contributed by atoms with van der Waals surface area (Å²) in [4.78, 5) is 12.9. The van der Waals surface area contributed by atoms with Gasteiger partial charge in [-0.15, -0.1) is 11.3 Å². The largest absolute Gasteiger partial charge is 0.319 e. The van der Waals surface area contributed by atoms with Crippen molar-refractivity contribution in [2.24, 2.45) is 0 Å². The minimum Gasteiger partial charge on any atom is -0.319 e. The number of amides is 1. The van der Waals surface area contributed by atoms with Crippen LogP contribution in [0.3, 0.4) is 0 Å². The fourth-order valence-corrected chi connectivity index (χ4v) is 3.03. The maximum atomic E-state index is 13.7. The van der Waals surface area contributed by atoms with E-state index in [0.29, 0.717) is 4.88 Å². The average molecular weight is 329 g/mol. The van der Waals surface area contributed by atoms with Gasteiger partial charge < -0.3 is 5.32 Å². The molecule has 1 aromatic heterocycles. The zero-order valence-corrected chi connectivity index (χ0v) is 13.1. The number of rotatable bonds is 3. The molecule has 1 heterocycles. The molecular weight excluding hydrogens is 316 g/mol. The Morgan fingerprint density at radius 2 is 1.78 bits per heavy atom. The summed E-state index contributed by atoms with van der Waals surface area (Å²) in [7, 11) is 0. The molecule has 0 spiro atoms. The monoisotopic (exact) mass is 329 g/mol. The minimum absolute atomic E-state index is 0.0420. The molecule has 1 amide bonds. The number of halogens is 2. The van der Waals surface area contributed by atoms with Crippen molar-refractivity contribution < 1.29 is 13.6 Å². The Bertz CT molecular complexity index is 856. The summed E-state index contributed by atoms with van der Waals surface area (Å²) in [5, 5.41) is 4.30. The molecule has 0 aliphatic carbocycles. The highest BCUT2D eigenvalue weighted by Crippen LogP contribution is 2.29. The summed E-state index contributed by atoms with van der Waals surface area (Å²) < 4.78 is 26.6. The SMILES string of the molecule is Cc1ccc(-c2ccsc2C(=O)Nc2ccc(F)cc2F)cc1. The van der Waals surface area contributed by atoms with Crippen LogP contribution < -0.4 is 5.32 Å². The molecule has 2 aromatic carbocycles. The van der Waals surface area contributed by atoms with Gasteiger partial charge in [0.25, 0.3) is 5.91 Å². The van der Waals surface area contributed by atoms with Crippen LogP contribution in [0.15, 0.2) is 53.9 Å². The van der Waals surface area contributed by atoms with Crippen molar-refractivity contribution in [1.82, 2.24) is 0 Å². The average Bonchev–Trinajstić information content (AvgIpc) is 3.00. The van der Waals surface area contributed by atoms with E-state index >= 15 is 0 Å². The maximum absolute atomic E-state index is 13.7. The normalized spacial score (nSPS) is 10.6. The van der Waals surface area contributed by atoms with Crippen molar-refractivity contribution >= 4 is 22.9 Å². The first-order valence-corrected chi connectivity index (χ1v) is 7.83. The van der Waals surface area contributed by atoms with Crippen LogP contribution in [-0.4, -0.2) is 5.91 Å². The number of benzene rings is 2. The summed E-state index contributed by atoms with van der Waals surface area (Å²) in [5.74, 6) is -1.90. The van der Waals surface area contributed by atoms with Gasteiger partial charge in [-0.05, 0) is 36.1 Å². The third-order valence-corrected chi connectivity index (χ3v) is 4.33. The Morgan fingerprint density at radius 1 is 1.04 bits per heavy atom. The second-order valence-electron chi connectivity index (χ2n) is 5.11. The zero-order valence-electron chi connectivity index (χ0n) is 12.3. The first-order chi connectivity index (χ1) is 11.0. The van der Waals surface area contributed by atoms with Crippen LogP contribution in [0.5, 0.6) is 0 Å². The van der Waals surface area contributed by atoms with Crippen LogP contribution in [0.2, 0.25) is 0 Å². The molecule has 116 valence electrons. The molecule has 0 saturated heterocycles. The first-order valence-electron chi connectivity index (χ1n) is 6.95. The highest BCUT2D eigenvalue weighted by molar-refractivity contribution is 7.12. The predicted octanol–water partition coefficient (Wildman–Crippen LogP) is 5.25. The van der Waals surface area contributed by atoms with Crippen LogP contribution in [0.25, 0.3) is 11.1 Å². The predicted molar refractivity (Wildman–Crippen MR) is 88.8 cm³/mol. The Kier molecular flexibility index (Phi) is 4.21. The van der Waals surface area contributed by atoms with Gasteiger partial charge in [-0.25, -0.2) is 8.78 Å². The van der Waals surface area contributed by atoms with Crippen molar-refractivity contribution in [3.8, 4) is 11.1 Å². The highest BCUT2D eigenvalue weighted by Gasteiger charge is 2.16. The number of nitrogens with one attached hydrogen (secondary N) is 1. The molecule has 23 heavy (non-hydrogen) atoms. The van der Waals surface area contributed by atoms with E-state index in [4.69, 9.17) is 0 Å². The van der Waals surface area contributed by atoms with Gasteiger partial charge in [0, 0.05) is 11.6 Å². The molecule has 0 radical (unpaired) electrons. The molecule has 0 fully saturated rings. The van der Waals surface area contributed by atoms with Gasteiger partial charge in [0.05, 0.1) is 10.6 Å². The Morgan fingerprint density at radius 3 is 2.48 bits per heavy atom. The Balaban J connectivity index is 1.89. The standard InChI is InChI=1S/C18H13F2NOS/c1-11-2-4-12(5-3-11)14-8-9-23-17(14)18(22)21-16-7-6-13(19)10-15(16)20/h2-10H,1H3,(H,21,22). The van der Waals surface area contributed by atoms with Crippen molar-refractivity contribution in [3.63, 3.8) is 0 Å². The second-order valence-corrected chi connectivity index (χ2v) is 6.02. The van der Waals surface area contributed by atoms with Crippen molar-refractivity contribution in [2.75, 3.05) is 5.32 Å². The molecule has 3 aromatic rings. The zero-order chi connectivity index (χ0) is 16.4. The molecule has 0 bridgehead atoms. The van der Waals surface area contributed by atoms with Gasteiger partial charge in [-0.2, -0.15) is 0 Å². The molecule has 5 heteroatoms. The first kappa shape index (κ1) is 15.4. The molecule has 1 N–H and O–H groups in total. The van der Waals surface area contributed by atoms with Crippen LogP contribution in [0.4, 0.5) is 14.5 Å². The van der Waals surface area contributed by atoms with Crippen LogP contribution >= 0.6 is 11.3 Å². The number of thiophene rings is 1. The summed E-state index contributed by atoms with van der Waals surface area (Å²) in [6.45, 7) is 1.99. The van der Waals surface area contributed by atoms with Gasteiger partial charge in [0.15, 0.2) is 0 Å². The van der Waals surface area contributed by atoms with E-state index in [2.05, 4.69) is 5.32 Å². The quantitative estimate of drug-likeness (QED) is 0.698. The topological polar surface area (TPSA) is 29.1 Å². The lowest BCUT2D eigenvalue weighted by Gasteiger charge is -2.08. The van der Waals surface area contributed by atoms with Crippen molar-refractivity contribution in [3.05, 3.63) is 76.0 Å². The van der Waals surface area contributed by atoms with E-state index < -0.39 is 17.5 Å². The Hall–Kier alpha value is -2.53. The summed E-state index contributed by atoms with van der Waals surface area (Å²) >= 11 is 1.28. The summed E-state index contributed by atoms with van der Waals surface area (Å²) in [6, 6.07) is 12.7. The number of carbonyl (C=O) groups is 1. The Labute approximate surface area is 136 Å². The maximum Gasteiger partial charge on any atom is 0.266 e. The lowest BCUT2D eigenvalue weighted by atomic mass is 10.0. The third kappa shape index (κ3) is 3.29. The highest BCUT2D eigenvalue weighted by atomic mass is 32.1. The fraction of sp³-hybridized carbons (Fsp3) is 0.0556. The van der Waals surface area contributed by atoms with E-state index in [-0.39, 0.29) is 5.69 Å². The molecule has 0 saturated carbocycles. The molecule has 0 aliphatic rings. The lowest BCUT2D eigenvalue weighted by molar-refractivity contribution is 0.103. The molecule has 0 atom stereocenters. The second kappa shape index (κ2) is 6.30. The van der Waals surface area contributed by atoms with E-state index in [9.17, 15) is 13.6 Å². The van der Waals surface area contributed by atoms with Gasteiger partial charge in [0.2, 0.25) is 0 Å². The van der Waals surface area contributed by atoms with Crippen LogP contribution in [0.1, 0.15) is 15.2 Å². The summed E-state index contributed by atoms with van der Waals surface area (Å²) in [6.07, 6.45) is 0. The van der Waals surface area contributed by atoms with Crippen LogP contribution in [0, 0.1) is 18.6 Å². The molecule has 0 aliphatic heterocycles. The van der Waals surface area contributed by atoms with E-state index in [1.54, 1.807) is 0 Å². The minimum atomic E-state index is -0.799. The fourth-order valence-electron chi connectivity index (χ4n) is 2.22. The smallest absolute Gasteiger partial charge is 0.266 e. The van der Waals surface area contributed by atoms with E-state index in [0.717, 1.165) is 28.8 Å². The van der Waals surface area contributed by atoms with Crippen molar-refractivity contribution in [1.29, 1.82) is 0 Å². The van der Waals surface area contributed by atoms with Gasteiger partial charge in [0.1, 0.15) is 11.6 Å². The van der Waals surface area contributed by atoms with E-state index in [1.165, 1.54) is 17.4 Å². The number of hydrogen-bond donors (Lipinski definition) is 1. The number of carbonyl (C=O) groups excluding carboxylic acids is 1. The molecule has 2 nitrogen and oxygen atoms in total. The number of aryl methyl sites for hydroxylation is 1. The third-order valence-electron chi connectivity index (χ3n) is 3.41. The molecule has 3 rings (SSSR count). The van der Waals surface area contributed by atoms with Crippen LogP contribution in [-0.2, 0) is 0 Å². The summed E-state index contributed by atoms with van der Waals surface area (Å²) in [5.41, 5.74) is 2.79. The van der Waals surface area contributed by atoms with Gasteiger partial charge >= 0.3 is 0 Å². The number of anilines is 1. The number of hydrogen-bond acceptors (Lipinski definition) is 2.